The van der Waals surface area contributed by atoms with Crippen LogP contribution in [0.15, 0.2) is 24.3 Å². The average Bonchev–Trinajstić information content (AvgIpc) is 2.67. The van der Waals surface area contributed by atoms with Crippen LogP contribution in [0.4, 0.5) is 0 Å². The van der Waals surface area contributed by atoms with E-state index >= 15 is 0 Å². The van der Waals surface area contributed by atoms with Crippen LogP contribution in [0.5, 0.6) is 5.75 Å². The van der Waals surface area contributed by atoms with Crippen molar-refractivity contribution in [3.8, 4) is 5.75 Å². The number of nitrogens with zero attached hydrogens (tertiary/aromatic N) is 1. The summed E-state index contributed by atoms with van der Waals surface area (Å²) in [5.41, 5.74) is 6.70. The number of carbonyl (C=O) groups is 1. The van der Waals surface area contributed by atoms with Crippen molar-refractivity contribution in [2.45, 2.75) is 82.1 Å². The monoisotopic (exact) mass is 372 g/mol. The van der Waals surface area contributed by atoms with Gasteiger partial charge in [-0.2, -0.15) is 0 Å². The number of fused-ring (bicyclic) bond motifs is 5. The molecule has 1 aliphatic carbocycles. The summed E-state index contributed by atoms with van der Waals surface area (Å²) in [6.45, 7) is 5.01. The van der Waals surface area contributed by atoms with Crippen molar-refractivity contribution in [3.05, 3.63) is 29.8 Å². The van der Waals surface area contributed by atoms with Crippen molar-refractivity contribution < 1.29 is 14.3 Å². The second-order valence-corrected chi connectivity index (χ2v) is 8.83. The van der Waals surface area contributed by atoms with Gasteiger partial charge in [-0.05, 0) is 69.9 Å². The highest BCUT2D eigenvalue weighted by Gasteiger charge is 2.42. The van der Waals surface area contributed by atoms with E-state index in [4.69, 9.17) is 15.2 Å². The van der Waals surface area contributed by atoms with Crippen LogP contribution in [0.3, 0.4) is 0 Å². The van der Waals surface area contributed by atoms with E-state index in [1.165, 1.54) is 5.56 Å². The summed E-state index contributed by atoms with van der Waals surface area (Å²) < 4.78 is 12.6. The summed E-state index contributed by atoms with van der Waals surface area (Å²) in [5.74, 6) is 1.32. The number of carbonyl (C=O) groups excluding carboxylic acids is 1. The molecule has 2 N–H and O–H groups in total. The van der Waals surface area contributed by atoms with Crippen LogP contribution in [-0.4, -0.2) is 47.7 Å². The van der Waals surface area contributed by atoms with Crippen LogP contribution in [0.25, 0.3) is 0 Å². The van der Waals surface area contributed by atoms with E-state index in [9.17, 15) is 4.79 Å². The van der Waals surface area contributed by atoms with Crippen LogP contribution in [0.2, 0.25) is 0 Å². The summed E-state index contributed by atoms with van der Waals surface area (Å²) in [6, 6.07) is 8.12. The highest BCUT2D eigenvalue weighted by molar-refractivity contribution is 5.85. The molecule has 1 saturated heterocycles. The molecule has 148 valence electrons. The predicted octanol–water partition coefficient (Wildman–Crippen LogP) is 3.22. The largest absolute Gasteiger partial charge is 0.478 e. The third-order valence-electron chi connectivity index (χ3n) is 6.51. The van der Waals surface area contributed by atoms with E-state index in [0.29, 0.717) is 12.5 Å². The Balaban J connectivity index is 1.71. The Labute approximate surface area is 162 Å². The lowest BCUT2D eigenvalue weighted by Gasteiger charge is -2.43. The van der Waals surface area contributed by atoms with Crippen LogP contribution >= 0.6 is 0 Å². The van der Waals surface area contributed by atoms with Gasteiger partial charge in [0.2, 0.25) is 0 Å². The minimum absolute atomic E-state index is 0.00708. The number of benzene rings is 1. The smallest absolute Gasteiger partial charge is 0.266 e. The molecule has 4 aliphatic rings. The minimum atomic E-state index is -0.933. The Morgan fingerprint density at radius 3 is 2.63 bits per heavy atom. The molecule has 1 aromatic rings. The molecule has 1 amide bonds. The molecule has 1 aromatic carbocycles. The molecule has 27 heavy (non-hydrogen) atoms. The van der Waals surface area contributed by atoms with Gasteiger partial charge in [-0.1, -0.05) is 18.2 Å². The molecule has 0 radical (unpaired) electrons. The molecule has 5 heteroatoms. The third kappa shape index (κ3) is 3.72. The van der Waals surface area contributed by atoms with Crippen LogP contribution < -0.4 is 10.5 Å². The number of para-hydroxylation sites is 1. The number of nitrogens with two attached hydrogens (primary N) is 1. The maximum absolute atomic E-state index is 13.4. The van der Waals surface area contributed by atoms with Crippen molar-refractivity contribution in [3.63, 3.8) is 0 Å². The fraction of sp³-hybridized carbons (Fsp3) is 0.682. The van der Waals surface area contributed by atoms with Crippen molar-refractivity contribution in [2.75, 3.05) is 13.2 Å². The first-order chi connectivity index (χ1) is 13.0. The van der Waals surface area contributed by atoms with Crippen LogP contribution in [0.1, 0.15) is 63.9 Å². The van der Waals surface area contributed by atoms with Gasteiger partial charge in [-0.15, -0.1) is 0 Å². The molecular formula is C22H32N2O3. The fourth-order valence-electron chi connectivity index (χ4n) is 4.90. The minimum Gasteiger partial charge on any atom is -0.478 e. The van der Waals surface area contributed by atoms with E-state index in [1.807, 2.05) is 30.9 Å². The topological polar surface area (TPSA) is 64.8 Å². The lowest BCUT2D eigenvalue weighted by atomic mass is 9.82. The van der Waals surface area contributed by atoms with Gasteiger partial charge in [0.05, 0.1) is 18.8 Å². The van der Waals surface area contributed by atoms with Crippen molar-refractivity contribution in [1.82, 2.24) is 4.90 Å². The molecule has 2 bridgehead atoms. The van der Waals surface area contributed by atoms with Gasteiger partial charge in [-0.25, -0.2) is 0 Å². The average molecular weight is 373 g/mol. The summed E-state index contributed by atoms with van der Waals surface area (Å²) in [7, 11) is 0. The first-order valence-electron chi connectivity index (χ1n) is 10.4. The van der Waals surface area contributed by atoms with E-state index in [2.05, 4.69) is 12.1 Å². The van der Waals surface area contributed by atoms with E-state index < -0.39 is 5.60 Å². The SMILES string of the molecule is CC1(C)Oc2ccccc2C2CCC(CC2)OCC2C(N)CCCN2C1=O. The predicted molar refractivity (Wildman–Crippen MR) is 105 cm³/mol. The summed E-state index contributed by atoms with van der Waals surface area (Å²) >= 11 is 0. The van der Waals surface area contributed by atoms with Crippen molar-refractivity contribution in [2.24, 2.45) is 5.73 Å². The molecule has 2 unspecified atom stereocenters. The molecule has 5 nitrogen and oxygen atoms in total. The first-order valence-corrected chi connectivity index (χ1v) is 10.4. The summed E-state index contributed by atoms with van der Waals surface area (Å²) in [5, 5.41) is 0. The standard InChI is InChI=1S/C22H32N2O3/c1-22(2)21(25)24-13-5-7-18(23)19(24)14-26-16-11-9-15(10-12-16)17-6-3-4-8-20(17)27-22/h3-4,6,8,15-16,18-19H,5,7,9-14,23H2,1-2H3. The lowest BCUT2D eigenvalue weighted by molar-refractivity contribution is -0.152. The number of piperidine rings is 1. The van der Waals surface area contributed by atoms with Crippen molar-refractivity contribution >= 4 is 5.91 Å². The second-order valence-electron chi connectivity index (χ2n) is 8.83. The lowest BCUT2D eigenvalue weighted by Crippen LogP contribution is -2.61. The quantitative estimate of drug-likeness (QED) is 0.759. The Kier molecular flexibility index (Phi) is 5.17. The molecule has 2 atom stereocenters. The van der Waals surface area contributed by atoms with Crippen molar-refractivity contribution in [1.29, 1.82) is 0 Å². The number of hydrogen-bond acceptors (Lipinski definition) is 4. The van der Waals surface area contributed by atoms with Gasteiger partial charge in [-0.3, -0.25) is 4.79 Å². The van der Waals surface area contributed by atoms with E-state index in [-0.39, 0.29) is 24.1 Å². The van der Waals surface area contributed by atoms with Gasteiger partial charge in [0.15, 0.2) is 5.60 Å². The maximum atomic E-state index is 13.4. The third-order valence-corrected chi connectivity index (χ3v) is 6.51. The highest BCUT2D eigenvalue weighted by Crippen LogP contribution is 2.40. The first kappa shape index (κ1) is 18.8. The molecule has 5 rings (SSSR count). The molecule has 1 saturated carbocycles. The van der Waals surface area contributed by atoms with Gasteiger partial charge < -0.3 is 20.1 Å². The maximum Gasteiger partial charge on any atom is 0.266 e. The van der Waals surface area contributed by atoms with E-state index in [0.717, 1.165) is 50.8 Å². The molecule has 0 spiro atoms. The fourth-order valence-corrected chi connectivity index (χ4v) is 4.90. The molecule has 3 heterocycles. The molecule has 2 fully saturated rings. The van der Waals surface area contributed by atoms with Crippen LogP contribution in [-0.2, 0) is 9.53 Å². The summed E-state index contributed by atoms with van der Waals surface area (Å²) in [4.78, 5) is 15.3. The van der Waals surface area contributed by atoms with Crippen LogP contribution in [0, 0.1) is 0 Å². The Morgan fingerprint density at radius 1 is 1.11 bits per heavy atom. The van der Waals surface area contributed by atoms with Gasteiger partial charge in [0, 0.05) is 12.6 Å². The Hall–Kier alpha value is -1.59. The number of rotatable bonds is 0. The van der Waals surface area contributed by atoms with Gasteiger partial charge >= 0.3 is 0 Å². The Morgan fingerprint density at radius 2 is 1.85 bits per heavy atom. The second kappa shape index (κ2) is 7.44. The molecule has 0 aromatic heterocycles. The van der Waals surface area contributed by atoms with Gasteiger partial charge in [0.1, 0.15) is 5.75 Å². The van der Waals surface area contributed by atoms with Gasteiger partial charge in [0.25, 0.3) is 5.91 Å². The zero-order valence-corrected chi connectivity index (χ0v) is 16.5. The number of ether oxygens (including phenoxy) is 2. The van der Waals surface area contributed by atoms with E-state index in [1.54, 1.807) is 0 Å². The zero-order chi connectivity index (χ0) is 19.0. The highest BCUT2D eigenvalue weighted by atomic mass is 16.5. The zero-order valence-electron chi connectivity index (χ0n) is 16.5. The molecule has 3 aliphatic heterocycles. The number of hydrogen-bond donors (Lipinski definition) is 1. The molecular weight excluding hydrogens is 340 g/mol. The Bertz CT molecular complexity index is 682. The number of amides is 1. The summed E-state index contributed by atoms with van der Waals surface area (Å²) in [6.07, 6.45) is 6.45. The normalized spacial score (nSPS) is 33.7.